The van der Waals surface area contributed by atoms with Gasteiger partial charge in [-0.15, -0.1) is 15.3 Å². The monoisotopic (exact) mass is 893 g/mol. The number of hydrogen-bond donors (Lipinski definition) is 6. The maximum atomic E-state index is 13.8. The minimum absolute atomic E-state index is 0.166. The number of hydrogen-bond acceptors (Lipinski definition) is 20. The van der Waals surface area contributed by atoms with Crippen LogP contribution in [-0.2, 0) is 30.6 Å². The van der Waals surface area contributed by atoms with E-state index in [1.807, 2.05) is 0 Å². The Kier molecular flexibility index (Phi) is 13.5. The summed E-state index contributed by atoms with van der Waals surface area (Å²) >= 11 is 0. The fourth-order valence-electron chi connectivity index (χ4n) is 5.20. The second-order valence-electron chi connectivity index (χ2n) is 12.4. The highest BCUT2D eigenvalue weighted by Crippen LogP contribution is 2.41. The number of hydrazone groups is 1. The van der Waals surface area contributed by atoms with Crippen LogP contribution in [0.1, 0.15) is 15.9 Å². The molecule has 0 heterocycles. The normalized spacial score (nSPS) is 14.0. The van der Waals surface area contributed by atoms with Gasteiger partial charge >= 0.3 is 0 Å². The third-order valence-electron chi connectivity index (χ3n) is 7.95. The van der Waals surface area contributed by atoms with Crippen LogP contribution >= 0.6 is 0 Å². The Labute approximate surface area is 345 Å². The number of ketones is 1. The number of fused-ring (bicyclic) bond motifs is 1. The minimum Gasteiger partial charge on any atom is -0.759 e. The molecule has 0 bridgehead atoms. The first-order valence-corrected chi connectivity index (χ1v) is 20.8. The number of rotatable bonds is 10. The van der Waals surface area contributed by atoms with E-state index in [0.29, 0.717) is 46.3 Å². The maximum Gasteiger partial charge on any atom is 0.217 e. The number of benzene rings is 5. The molecule has 0 atom stereocenters. The molecule has 6 rings (SSSR count). The van der Waals surface area contributed by atoms with Gasteiger partial charge in [-0.05, 0) is 78.4 Å². The van der Waals surface area contributed by atoms with Gasteiger partial charge in [0.05, 0.1) is 55.9 Å². The highest BCUT2D eigenvalue weighted by molar-refractivity contribution is 7.91. The van der Waals surface area contributed by atoms with Crippen LogP contribution in [0.2, 0.25) is 0 Å². The van der Waals surface area contributed by atoms with Gasteiger partial charge in [-0.3, -0.25) is 18.6 Å². The summed E-state index contributed by atoms with van der Waals surface area (Å²) in [6.45, 7) is 0. The molecule has 316 valence electrons. The van der Waals surface area contributed by atoms with Gasteiger partial charge in [0.25, 0.3) is 0 Å². The van der Waals surface area contributed by atoms with Crippen LogP contribution in [0.3, 0.4) is 0 Å². The molecule has 0 aromatic heterocycles. The van der Waals surface area contributed by atoms with E-state index < -0.39 is 74.4 Å². The van der Waals surface area contributed by atoms with E-state index in [4.69, 9.17) is 23.3 Å². The molecule has 0 saturated heterocycles. The van der Waals surface area contributed by atoms with Crippen LogP contribution in [0.25, 0.3) is 6.08 Å². The average Bonchev–Trinajstić information content (AvgIpc) is 3.15. The average molecular weight is 894 g/mol. The molecular formula is C34H31N13O11S3. The highest BCUT2D eigenvalue weighted by Gasteiger charge is 2.34. The summed E-state index contributed by atoms with van der Waals surface area (Å²) in [7, 11) is -15.9. The topological polar surface area (TPSA) is 447 Å². The number of azo groups is 3. The number of allylic oxidation sites excluding steroid dienone is 1. The molecular weight excluding hydrogens is 863 g/mol. The first kappa shape index (κ1) is 45.2. The lowest BCUT2D eigenvalue weighted by Gasteiger charge is -2.23. The second-order valence-corrected chi connectivity index (χ2v) is 15.9. The van der Waals surface area contributed by atoms with Crippen molar-refractivity contribution in [2.45, 2.75) is 4.90 Å². The van der Waals surface area contributed by atoms with Crippen LogP contribution in [0.4, 0.5) is 68.2 Å². The summed E-state index contributed by atoms with van der Waals surface area (Å²) in [5, 5.41) is 28.4. The standard InChI is InChI=1S/C34H29N13O7S2.H2O4S/c35-18-1-11-26(24(37)15-18)44-40-20-3-7-22(8-4-20)42-46-32-28(55(49,50)51)13-17-14-29(56(52,53)54)33(34(48)30(17)31(32)39)47-43-23-9-5-21(6-10-23)41-45-27-12-2-19(36)16-25(27)38;1-5(2,3)4/h1-16,43H,35-39H2,(H,49,50,51)(H,52,53,54);(H2,1,2,3,4). The second kappa shape index (κ2) is 18.2. The summed E-state index contributed by atoms with van der Waals surface area (Å²) in [6.07, 6.45) is 0.700. The first-order valence-electron chi connectivity index (χ1n) is 16.6. The van der Waals surface area contributed by atoms with Crippen molar-refractivity contribution in [3.8, 4) is 0 Å². The minimum atomic E-state index is -5.39. The summed E-state index contributed by atoms with van der Waals surface area (Å²) in [5.41, 5.74) is 26.3. The fourth-order valence-corrected chi connectivity index (χ4v) is 6.50. The quantitative estimate of drug-likeness (QED) is 0.0385. The number of nitrogens with two attached hydrogens (primary N) is 1. The molecule has 0 spiro atoms. The first-order chi connectivity index (χ1) is 28.5. The lowest BCUT2D eigenvalue weighted by molar-refractivity contribution is -0.266. The molecule has 1 aliphatic carbocycles. The largest absolute Gasteiger partial charge is 0.759 e. The van der Waals surface area contributed by atoms with Crippen molar-refractivity contribution in [2.75, 3.05) is 11.2 Å². The van der Waals surface area contributed by atoms with Gasteiger partial charge in [0, 0.05) is 22.5 Å². The van der Waals surface area contributed by atoms with Crippen LogP contribution in [0.15, 0.2) is 137 Å². The third-order valence-corrected chi connectivity index (χ3v) is 9.65. The Bertz CT molecular complexity index is 3040. The molecule has 15 N–H and O–H groups in total. The van der Waals surface area contributed by atoms with Gasteiger partial charge in [0.15, 0.2) is 11.4 Å². The summed E-state index contributed by atoms with van der Waals surface area (Å²) in [5.74, 6) is -1.18. The molecule has 24 nitrogen and oxygen atoms in total. The van der Waals surface area contributed by atoms with E-state index in [9.17, 15) is 30.7 Å². The molecule has 5 aromatic rings. The van der Waals surface area contributed by atoms with E-state index in [2.05, 4.69) is 64.1 Å². The van der Waals surface area contributed by atoms with Crippen LogP contribution < -0.4 is 34.1 Å². The predicted molar refractivity (Wildman–Crippen MR) is 211 cm³/mol. The van der Waals surface area contributed by atoms with E-state index in [1.165, 1.54) is 36.4 Å². The van der Waals surface area contributed by atoms with E-state index >= 15 is 0 Å². The molecule has 0 aliphatic heterocycles. The van der Waals surface area contributed by atoms with Crippen LogP contribution in [0, 0.1) is 0 Å². The Balaban J connectivity index is 0.00000133. The molecule has 5 aromatic carbocycles. The molecule has 0 fully saturated rings. The Morgan fingerprint density at radius 1 is 0.574 bits per heavy atom. The van der Waals surface area contributed by atoms with Gasteiger partial charge < -0.3 is 46.9 Å². The summed E-state index contributed by atoms with van der Waals surface area (Å²) in [6, 6.07) is 23.2. The van der Waals surface area contributed by atoms with Crippen molar-refractivity contribution in [3.63, 3.8) is 0 Å². The number of carbonyl (C=O) groups is 1. The lowest BCUT2D eigenvalue weighted by atomic mass is 9.92. The van der Waals surface area contributed by atoms with Crippen molar-refractivity contribution < 1.29 is 71.2 Å². The summed E-state index contributed by atoms with van der Waals surface area (Å²) in [4.78, 5) is 11.7. The SMILES string of the molecule is Nc1c(N=Nc2ccc(N=Nc3ccc([NH3+])cc3[NH3+])cc2)c(S(=O)(=O)[O-])cc2c1C(=O)C(=NNc1ccc(N=Nc3ccc([NH3+])cc3[NH3+])cc1)C(S(=O)(=O)[O-])=C2.O=S(=O)([O-])[O-]. The van der Waals surface area contributed by atoms with Crippen molar-refractivity contribution in [1.29, 1.82) is 0 Å². The van der Waals surface area contributed by atoms with Gasteiger partial charge in [-0.1, -0.05) is 0 Å². The molecule has 0 saturated carbocycles. The maximum absolute atomic E-state index is 13.8. The van der Waals surface area contributed by atoms with Crippen molar-refractivity contribution in [2.24, 2.45) is 35.8 Å². The van der Waals surface area contributed by atoms with Crippen LogP contribution in [-0.4, -0.2) is 55.0 Å². The number of Topliss-reactive ketones (excluding diaryl/α,β-unsaturated/α-hetero) is 1. The van der Waals surface area contributed by atoms with E-state index in [0.717, 1.165) is 11.4 Å². The fraction of sp³-hybridized carbons (Fsp3) is 0. The van der Waals surface area contributed by atoms with E-state index in [1.54, 1.807) is 48.5 Å². The van der Waals surface area contributed by atoms with Gasteiger partial charge in [0.2, 0.25) is 5.78 Å². The van der Waals surface area contributed by atoms with Crippen LogP contribution in [0.5, 0.6) is 0 Å². The third kappa shape index (κ3) is 12.1. The highest BCUT2D eigenvalue weighted by atomic mass is 32.3. The summed E-state index contributed by atoms with van der Waals surface area (Å²) < 4.78 is 108. The zero-order chi connectivity index (χ0) is 44.9. The van der Waals surface area contributed by atoms with Crippen molar-refractivity contribution in [1.82, 2.24) is 0 Å². The predicted octanol–water partition coefficient (Wildman–Crippen LogP) is 2.13. The van der Waals surface area contributed by atoms with Crippen molar-refractivity contribution >= 4 is 116 Å². The van der Waals surface area contributed by atoms with Crippen molar-refractivity contribution in [3.05, 3.63) is 107 Å². The smallest absolute Gasteiger partial charge is 0.217 e. The Morgan fingerprint density at radius 3 is 1.44 bits per heavy atom. The lowest BCUT2D eigenvalue weighted by Crippen LogP contribution is -2.44. The molecule has 0 amide bonds. The number of carbonyl (C=O) groups excluding carboxylic acids is 1. The molecule has 1 aliphatic rings. The zero-order valence-corrected chi connectivity index (χ0v) is 33.4. The number of anilines is 2. The molecule has 0 radical (unpaired) electrons. The van der Waals surface area contributed by atoms with Gasteiger partial charge in [-0.2, -0.15) is 20.4 Å². The Morgan fingerprint density at radius 2 is 1.02 bits per heavy atom. The number of nitrogen functional groups attached to an aromatic ring is 1. The van der Waals surface area contributed by atoms with E-state index in [-0.39, 0.29) is 11.4 Å². The van der Waals surface area contributed by atoms with Gasteiger partial charge in [0.1, 0.15) is 54.4 Å². The number of quaternary nitrogens is 4. The number of nitrogens with zero attached hydrogens (tertiary/aromatic N) is 7. The molecule has 0 unspecified atom stereocenters. The zero-order valence-electron chi connectivity index (χ0n) is 31.0. The Hall–Kier alpha value is -6.89. The number of nitrogens with one attached hydrogen (secondary N) is 1. The van der Waals surface area contributed by atoms with Gasteiger partial charge in [-0.25, -0.2) is 16.8 Å². The molecule has 27 heteroatoms. The molecule has 61 heavy (non-hydrogen) atoms.